The summed E-state index contributed by atoms with van der Waals surface area (Å²) < 4.78 is 0. The van der Waals surface area contributed by atoms with Crippen molar-refractivity contribution in [3.05, 3.63) is 48.6 Å². The first kappa shape index (κ1) is 34.0. The predicted molar refractivity (Wildman–Crippen MR) is 79.3 cm³/mol. The Hall–Kier alpha value is -2.47. The summed E-state index contributed by atoms with van der Waals surface area (Å²) in [5.41, 5.74) is 0.259. The van der Waals surface area contributed by atoms with Gasteiger partial charge in [-0.15, -0.1) is 0 Å². The van der Waals surface area contributed by atoms with E-state index in [1.54, 1.807) is 0 Å². The predicted octanol–water partition coefficient (Wildman–Crippen LogP) is -2.75. The number of hydrogen-bond donors (Lipinski definition) is 0. The topological polar surface area (TPSA) is 161 Å². The third-order valence-electron chi connectivity index (χ3n) is 1.39. The van der Waals surface area contributed by atoms with Crippen molar-refractivity contribution in [3.63, 3.8) is 0 Å². The zero-order chi connectivity index (χ0) is 20.6. The standard InChI is InChI=1S/4C4H6O2.W/c4*1-3(2)4(5)6;/h4*1H2,2H3,(H,5,6);/q;;;;+4/p-4. The van der Waals surface area contributed by atoms with Gasteiger partial charge in [-0.05, 0) is 50.0 Å². The van der Waals surface area contributed by atoms with Crippen LogP contribution in [0.4, 0.5) is 0 Å². The average Bonchev–Trinajstić information content (AvgIpc) is 2.40. The van der Waals surface area contributed by atoms with E-state index in [1.807, 2.05) is 0 Å². The maximum Gasteiger partial charge on any atom is 4.00 e. The minimum absolute atomic E-state index is 0. The normalized spacial score (nSPS) is 7.20. The third kappa shape index (κ3) is 44.9. The first-order valence-electron chi connectivity index (χ1n) is 6.05. The van der Waals surface area contributed by atoms with E-state index >= 15 is 0 Å². The number of hydrogen-bond acceptors (Lipinski definition) is 8. The summed E-state index contributed by atoms with van der Waals surface area (Å²) in [7, 11) is 0. The largest absolute Gasteiger partial charge is 4.00 e. The molecule has 0 rings (SSSR count). The van der Waals surface area contributed by atoms with Crippen molar-refractivity contribution in [2.45, 2.75) is 27.7 Å². The van der Waals surface area contributed by atoms with Crippen LogP contribution in [0.3, 0.4) is 0 Å². The molecule has 138 valence electrons. The fourth-order valence-corrected chi connectivity index (χ4v) is 0. The smallest absolute Gasteiger partial charge is 0.545 e. The molecule has 0 atom stereocenters. The van der Waals surface area contributed by atoms with Crippen molar-refractivity contribution < 1.29 is 60.7 Å². The molecule has 0 saturated carbocycles. The fraction of sp³-hybridized carbons (Fsp3) is 0.250. The summed E-state index contributed by atoms with van der Waals surface area (Å²) in [5, 5.41) is 38.0. The molecular weight excluding hydrogens is 504 g/mol. The van der Waals surface area contributed by atoms with Crippen molar-refractivity contribution in [2.24, 2.45) is 0 Å². The van der Waals surface area contributed by atoms with Crippen molar-refractivity contribution in [1.82, 2.24) is 0 Å². The first-order chi connectivity index (χ1) is 10.6. The minimum atomic E-state index is -1.19. The van der Waals surface area contributed by atoms with Crippen LogP contribution >= 0.6 is 0 Å². The molecule has 0 aromatic carbocycles. The molecule has 0 bridgehead atoms. The van der Waals surface area contributed by atoms with Crippen molar-refractivity contribution >= 4 is 23.9 Å². The maximum atomic E-state index is 9.49. The monoisotopic (exact) mass is 524 g/mol. The number of carbonyl (C=O) groups is 4. The summed E-state index contributed by atoms with van der Waals surface area (Å²) in [6.45, 7) is 17.9. The number of rotatable bonds is 4. The van der Waals surface area contributed by atoms with Crippen molar-refractivity contribution in [1.29, 1.82) is 0 Å². The molecule has 8 nitrogen and oxygen atoms in total. The maximum absolute atomic E-state index is 9.49. The Labute approximate surface area is 161 Å². The van der Waals surface area contributed by atoms with E-state index in [0.29, 0.717) is 0 Å². The van der Waals surface area contributed by atoms with Crippen LogP contribution in [0, 0.1) is 0 Å². The second kappa shape index (κ2) is 19.6. The molecule has 0 aliphatic heterocycles. The van der Waals surface area contributed by atoms with Crippen molar-refractivity contribution in [3.8, 4) is 0 Å². The van der Waals surface area contributed by atoms with Crippen molar-refractivity contribution in [2.75, 3.05) is 0 Å². The number of carboxylic acid groups (broad SMARTS) is 4. The van der Waals surface area contributed by atoms with Gasteiger partial charge in [0, 0.05) is 0 Å². The van der Waals surface area contributed by atoms with E-state index in [2.05, 4.69) is 26.3 Å². The molecule has 0 unspecified atom stereocenters. The summed E-state index contributed by atoms with van der Waals surface area (Å²) >= 11 is 0. The van der Waals surface area contributed by atoms with Gasteiger partial charge in [-0.3, -0.25) is 0 Å². The number of carboxylic acids is 4. The van der Waals surface area contributed by atoms with Gasteiger partial charge in [0.2, 0.25) is 0 Å². The molecule has 0 amide bonds. The molecule has 0 saturated heterocycles. The molecule has 0 N–H and O–H groups in total. The van der Waals surface area contributed by atoms with Gasteiger partial charge >= 0.3 is 21.1 Å². The van der Waals surface area contributed by atoms with Crippen LogP contribution in [0.2, 0.25) is 0 Å². The van der Waals surface area contributed by atoms with E-state index in [9.17, 15) is 39.6 Å². The third-order valence-corrected chi connectivity index (χ3v) is 1.39. The van der Waals surface area contributed by atoms with Gasteiger partial charge in [0.15, 0.2) is 0 Å². The Kier molecular flexibility index (Phi) is 26.6. The molecule has 25 heavy (non-hydrogen) atoms. The summed E-state index contributed by atoms with van der Waals surface area (Å²) in [6.07, 6.45) is 0. The molecule has 0 fully saturated rings. The Morgan fingerprint density at radius 3 is 0.520 bits per heavy atom. The van der Waals surface area contributed by atoms with E-state index in [-0.39, 0.29) is 43.4 Å². The SMILES string of the molecule is C=C(C)C(=O)[O-].C=C(C)C(=O)[O-].C=C(C)C(=O)[O-].C=C(C)C(=O)[O-].[W+4]. The van der Waals surface area contributed by atoms with Gasteiger partial charge in [-0.2, -0.15) is 0 Å². The Morgan fingerprint density at radius 1 is 0.480 bits per heavy atom. The molecule has 0 heterocycles. The van der Waals surface area contributed by atoms with Gasteiger partial charge < -0.3 is 39.6 Å². The molecular formula is C16H20O8W. The summed E-state index contributed by atoms with van der Waals surface area (Å²) in [6, 6.07) is 0. The molecule has 9 heteroatoms. The van der Waals surface area contributed by atoms with Crippen LogP contribution in [-0.4, -0.2) is 23.9 Å². The second-order valence-electron chi connectivity index (χ2n) is 4.27. The Balaban J connectivity index is -0.0000000702. The first-order valence-corrected chi connectivity index (χ1v) is 6.05. The molecule has 0 aromatic rings. The Bertz CT molecular complexity index is 388. The van der Waals surface area contributed by atoms with Crippen LogP contribution in [0.15, 0.2) is 48.6 Å². The average molecular weight is 524 g/mol. The van der Waals surface area contributed by atoms with Crippen LogP contribution in [-0.2, 0) is 40.2 Å². The van der Waals surface area contributed by atoms with Gasteiger partial charge in [0.25, 0.3) is 0 Å². The van der Waals surface area contributed by atoms with E-state index in [0.717, 1.165) is 0 Å². The van der Waals surface area contributed by atoms with Gasteiger partial charge in [-0.25, -0.2) is 0 Å². The Morgan fingerprint density at radius 2 is 0.520 bits per heavy atom. The zero-order valence-corrected chi connectivity index (χ0v) is 17.4. The molecule has 0 aliphatic rings. The van der Waals surface area contributed by atoms with Gasteiger partial charge in [0.1, 0.15) is 0 Å². The minimum Gasteiger partial charge on any atom is -0.545 e. The molecule has 0 radical (unpaired) electrons. The molecule has 0 aromatic heterocycles. The number of carbonyl (C=O) groups excluding carboxylic acids is 4. The molecule has 0 aliphatic carbocycles. The van der Waals surface area contributed by atoms with Crippen LogP contribution in [0.25, 0.3) is 0 Å². The number of aliphatic carboxylic acids is 4. The van der Waals surface area contributed by atoms with E-state index < -0.39 is 23.9 Å². The van der Waals surface area contributed by atoms with Gasteiger partial charge in [0.05, 0.1) is 23.9 Å². The molecule has 0 spiro atoms. The van der Waals surface area contributed by atoms with Crippen LogP contribution in [0.5, 0.6) is 0 Å². The van der Waals surface area contributed by atoms with Crippen LogP contribution < -0.4 is 20.4 Å². The second-order valence-corrected chi connectivity index (χ2v) is 4.27. The summed E-state index contributed by atoms with van der Waals surface area (Å²) in [5.74, 6) is -4.74. The fourth-order valence-electron chi connectivity index (χ4n) is 0. The zero-order valence-electron chi connectivity index (χ0n) is 14.5. The van der Waals surface area contributed by atoms with Crippen LogP contribution in [0.1, 0.15) is 27.7 Å². The summed E-state index contributed by atoms with van der Waals surface area (Å²) in [4.78, 5) is 38.0. The quantitative estimate of drug-likeness (QED) is 0.358. The van der Waals surface area contributed by atoms with E-state index in [1.165, 1.54) is 27.7 Å². The van der Waals surface area contributed by atoms with Gasteiger partial charge in [-0.1, -0.05) is 26.3 Å². The van der Waals surface area contributed by atoms with E-state index in [4.69, 9.17) is 0 Å².